The van der Waals surface area contributed by atoms with Gasteiger partial charge in [-0.2, -0.15) is 0 Å². The Balaban J connectivity index is 1.61. The summed E-state index contributed by atoms with van der Waals surface area (Å²) in [5.41, 5.74) is 0. The maximum Gasteiger partial charge on any atom is 0.0620 e. The van der Waals surface area contributed by atoms with Crippen molar-refractivity contribution in [3.8, 4) is 0 Å². The van der Waals surface area contributed by atoms with Crippen molar-refractivity contribution in [3.63, 3.8) is 0 Å². The number of nitrogens with one attached hydrogen (secondary N) is 1. The van der Waals surface area contributed by atoms with Crippen molar-refractivity contribution in [1.29, 1.82) is 0 Å². The molecule has 0 aromatic carbocycles. The molecule has 0 spiro atoms. The minimum Gasteiger partial charge on any atom is -0.379 e. The van der Waals surface area contributed by atoms with Gasteiger partial charge in [0.2, 0.25) is 0 Å². The average Bonchev–Trinajstić information content (AvgIpc) is 2.69. The van der Waals surface area contributed by atoms with Gasteiger partial charge in [-0.25, -0.2) is 0 Å². The van der Waals surface area contributed by atoms with Crippen LogP contribution in [0.3, 0.4) is 0 Å². The van der Waals surface area contributed by atoms with E-state index in [4.69, 9.17) is 4.74 Å². The van der Waals surface area contributed by atoms with Crippen molar-refractivity contribution in [3.05, 3.63) is 12.2 Å². The van der Waals surface area contributed by atoms with Gasteiger partial charge >= 0.3 is 0 Å². The van der Waals surface area contributed by atoms with Crippen LogP contribution in [0.1, 0.15) is 6.42 Å². The minimum absolute atomic E-state index is 0.578. The van der Waals surface area contributed by atoms with E-state index in [9.17, 15) is 0 Å². The van der Waals surface area contributed by atoms with E-state index in [0.29, 0.717) is 6.04 Å². The first-order chi connectivity index (χ1) is 6.45. The predicted molar refractivity (Wildman–Crippen MR) is 52.8 cm³/mol. The molecular formula is C10H18N2O. The zero-order valence-corrected chi connectivity index (χ0v) is 8.04. The van der Waals surface area contributed by atoms with E-state index < -0.39 is 0 Å². The number of nitrogens with zero attached hydrogens (tertiary/aromatic N) is 1. The topological polar surface area (TPSA) is 24.5 Å². The van der Waals surface area contributed by atoms with Gasteiger partial charge in [-0.05, 0) is 6.42 Å². The van der Waals surface area contributed by atoms with Crippen LogP contribution in [0.5, 0.6) is 0 Å². The van der Waals surface area contributed by atoms with Crippen LogP contribution in [0.2, 0.25) is 0 Å². The number of ether oxygens (including phenoxy) is 1. The molecule has 0 amide bonds. The Morgan fingerprint density at radius 3 is 2.92 bits per heavy atom. The first-order valence-corrected chi connectivity index (χ1v) is 5.13. The summed E-state index contributed by atoms with van der Waals surface area (Å²) in [5.74, 6) is 0. The van der Waals surface area contributed by atoms with E-state index in [1.165, 1.54) is 13.0 Å². The molecule has 0 aromatic rings. The number of hydrogen-bond donors (Lipinski definition) is 1. The highest BCUT2D eigenvalue weighted by atomic mass is 16.5. The second kappa shape index (κ2) is 4.74. The van der Waals surface area contributed by atoms with E-state index in [2.05, 4.69) is 22.4 Å². The molecule has 1 atom stereocenters. The van der Waals surface area contributed by atoms with Crippen molar-refractivity contribution in [2.24, 2.45) is 0 Å². The molecule has 0 aromatic heterocycles. The molecule has 2 rings (SSSR count). The Hall–Kier alpha value is -0.380. The van der Waals surface area contributed by atoms with E-state index in [-0.39, 0.29) is 0 Å². The van der Waals surface area contributed by atoms with Crippen LogP contribution in [-0.2, 0) is 4.74 Å². The maximum atomic E-state index is 5.40. The molecule has 0 aliphatic carbocycles. The lowest BCUT2D eigenvalue weighted by molar-refractivity contribution is 0.0711. The van der Waals surface area contributed by atoms with Gasteiger partial charge in [0.1, 0.15) is 0 Å². The fourth-order valence-corrected chi connectivity index (χ4v) is 1.85. The van der Waals surface area contributed by atoms with E-state index in [1.807, 2.05) is 0 Å². The molecule has 1 unspecified atom stereocenters. The third-order valence-electron chi connectivity index (χ3n) is 2.69. The summed E-state index contributed by atoms with van der Waals surface area (Å²) < 4.78 is 5.40. The number of rotatable bonds is 3. The fourth-order valence-electron chi connectivity index (χ4n) is 1.85. The summed E-state index contributed by atoms with van der Waals surface area (Å²) in [4.78, 5) is 2.45. The van der Waals surface area contributed by atoms with Gasteiger partial charge in [0, 0.05) is 32.2 Å². The monoisotopic (exact) mass is 182 g/mol. The molecule has 2 heterocycles. The first-order valence-electron chi connectivity index (χ1n) is 5.13. The van der Waals surface area contributed by atoms with Crippen LogP contribution >= 0.6 is 0 Å². The van der Waals surface area contributed by atoms with Crippen LogP contribution in [0.15, 0.2) is 12.2 Å². The third-order valence-corrected chi connectivity index (χ3v) is 2.69. The van der Waals surface area contributed by atoms with Crippen LogP contribution in [0.25, 0.3) is 0 Å². The lowest BCUT2D eigenvalue weighted by Crippen LogP contribution is -2.43. The normalized spacial score (nSPS) is 29.7. The largest absolute Gasteiger partial charge is 0.379 e. The molecule has 0 radical (unpaired) electrons. The van der Waals surface area contributed by atoms with Gasteiger partial charge in [0.25, 0.3) is 0 Å². The Morgan fingerprint density at radius 2 is 2.23 bits per heavy atom. The van der Waals surface area contributed by atoms with Crippen LogP contribution < -0.4 is 5.32 Å². The van der Waals surface area contributed by atoms with E-state index in [1.54, 1.807) is 0 Å². The maximum absolute atomic E-state index is 5.40. The van der Waals surface area contributed by atoms with Crippen LogP contribution in [0.4, 0.5) is 0 Å². The van der Waals surface area contributed by atoms with Crippen LogP contribution in [0, 0.1) is 0 Å². The Morgan fingerprint density at radius 1 is 1.38 bits per heavy atom. The summed E-state index contributed by atoms with van der Waals surface area (Å²) in [5, 5.41) is 3.47. The highest BCUT2D eigenvalue weighted by Crippen LogP contribution is 2.04. The number of morpholine rings is 1. The summed E-state index contributed by atoms with van der Waals surface area (Å²) in [6, 6.07) is 0.578. The molecule has 0 bridgehead atoms. The zero-order chi connectivity index (χ0) is 8.93. The summed E-state index contributed by atoms with van der Waals surface area (Å²) in [6.45, 7) is 6.24. The molecule has 2 aliphatic rings. The highest BCUT2D eigenvalue weighted by Gasteiger charge is 2.14. The molecule has 1 N–H and O–H groups in total. The molecular weight excluding hydrogens is 164 g/mol. The molecule has 74 valence electrons. The minimum atomic E-state index is 0.578. The van der Waals surface area contributed by atoms with Gasteiger partial charge in [-0.3, -0.25) is 4.90 Å². The van der Waals surface area contributed by atoms with E-state index in [0.717, 1.165) is 32.8 Å². The fraction of sp³-hybridized carbons (Fsp3) is 0.800. The van der Waals surface area contributed by atoms with Gasteiger partial charge in [0.05, 0.1) is 13.2 Å². The SMILES string of the molecule is C1=CCN(CCC2COCCN2)C1. The Labute approximate surface area is 79.7 Å². The lowest BCUT2D eigenvalue weighted by atomic mass is 10.2. The van der Waals surface area contributed by atoms with Crippen molar-refractivity contribution >= 4 is 0 Å². The summed E-state index contributed by atoms with van der Waals surface area (Å²) in [6.07, 6.45) is 5.69. The third kappa shape index (κ3) is 2.79. The molecule has 0 saturated carbocycles. The van der Waals surface area contributed by atoms with Crippen molar-refractivity contribution < 1.29 is 4.74 Å². The quantitative estimate of drug-likeness (QED) is 0.633. The predicted octanol–water partition coefficient (Wildman–Crippen LogP) is 0.237. The van der Waals surface area contributed by atoms with Crippen molar-refractivity contribution in [2.75, 3.05) is 39.4 Å². The second-order valence-corrected chi connectivity index (χ2v) is 3.75. The summed E-state index contributed by atoms with van der Waals surface area (Å²) >= 11 is 0. The molecule has 2 aliphatic heterocycles. The molecule has 3 nitrogen and oxygen atoms in total. The molecule has 1 saturated heterocycles. The molecule has 13 heavy (non-hydrogen) atoms. The highest BCUT2D eigenvalue weighted by molar-refractivity contribution is 4.95. The number of hydrogen-bond acceptors (Lipinski definition) is 3. The Bertz CT molecular complexity index is 168. The van der Waals surface area contributed by atoms with Gasteiger partial charge in [-0.1, -0.05) is 12.2 Å². The van der Waals surface area contributed by atoms with Crippen LogP contribution in [-0.4, -0.2) is 50.3 Å². The van der Waals surface area contributed by atoms with Gasteiger partial charge in [0.15, 0.2) is 0 Å². The second-order valence-electron chi connectivity index (χ2n) is 3.75. The van der Waals surface area contributed by atoms with Gasteiger partial charge < -0.3 is 10.1 Å². The smallest absolute Gasteiger partial charge is 0.0620 e. The van der Waals surface area contributed by atoms with E-state index >= 15 is 0 Å². The molecule has 1 fully saturated rings. The molecule has 3 heteroatoms. The van der Waals surface area contributed by atoms with Crippen molar-refractivity contribution in [1.82, 2.24) is 10.2 Å². The zero-order valence-electron chi connectivity index (χ0n) is 8.04. The van der Waals surface area contributed by atoms with Gasteiger partial charge in [-0.15, -0.1) is 0 Å². The standard InChI is InChI=1S/C10H18N2O/c1-2-6-12(5-1)7-3-10-9-13-8-4-11-10/h1-2,10-11H,3-9H2. The first kappa shape index (κ1) is 9.19. The summed E-state index contributed by atoms with van der Waals surface area (Å²) in [7, 11) is 0. The lowest BCUT2D eigenvalue weighted by Gasteiger charge is -2.25. The Kier molecular flexibility index (Phi) is 3.35. The van der Waals surface area contributed by atoms with Crippen molar-refractivity contribution in [2.45, 2.75) is 12.5 Å². The average molecular weight is 182 g/mol.